The van der Waals surface area contributed by atoms with E-state index in [1.165, 1.54) is 19.1 Å². The predicted molar refractivity (Wildman–Crippen MR) is 52.6 cm³/mol. The molecule has 4 nitrogen and oxygen atoms in total. The molecule has 0 bridgehead atoms. The second-order valence-electron chi connectivity index (χ2n) is 3.12. The molecule has 0 aliphatic rings. The summed E-state index contributed by atoms with van der Waals surface area (Å²) in [4.78, 5) is 20.8. The van der Waals surface area contributed by atoms with Gasteiger partial charge in [0.1, 0.15) is 17.2 Å². The van der Waals surface area contributed by atoms with Crippen LogP contribution in [-0.4, -0.2) is 10.9 Å². The lowest BCUT2D eigenvalue weighted by Gasteiger charge is -2.01. The minimum atomic E-state index is -0.138. The van der Waals surface area contributed by atoms with Crippen LogP contribution in [-0.2, 0) is 11.2 Å². The molecule has 0 saturated carbocycles. The third kappa shape index (κ3) is 2.65. The SMILES string of the molecule is CC(=O)CCc1ccc(N=O)c(O)c1. The zero-order valence-corrected chi connectivity index (χ0v) is 7.86. The van der Waals surface area contributed by atoms with Crippen molar-refractivity contribution >= 4 is 11.5 Å². The van der Waals surface area contributed by atoms with E-state index < -0.39 is 0 Å². The minimum absolute atomic E-state index is 0.0246. The van der Waals surface area contributed by atoms with Crippen LogP contribution < -0.4 is 0 Å². The highest BCUT2D eigenvalue weighted by molar-refractivity contribution is 5.75. The van der Waals surface area contributed by atoms with E-state index in [1.807, 2.05) is 0 Å². The maximum absolute atomic E-state index is 10.7. The first-order valence-corrected chi connectivity index (χ1v) is 4.28. The third-order valence-corrected chi connectivity index (χ3v) is 1.90. The zero-order chi connectivity index (χ0) is 10.6. The molecule has 0 saturated heterocycles. The molecule has 1 aromatic carbocycles. The van der Waals surface area contributed by atoms with Crippen molar-refractivity contribution in [3.8, 4) is 5.75 Å². The Balaban J connectivity index is 2.76. The lowest BCUT2D eigenvalue weighted by Crippen LogP contribution is -1.93. The first-order chi connectivity index (χ1) is 6.63. The molecular formula is C10H11NO3. The summed E-state index contributed by atoms with van der Waals surface area (Å²) in [6, 6.07) is 4.58. The average Bonchev–Trinajstić information content (AvgIpc) is 2.15. The maximum Gasteiger partial charge on any atom is 0.149 e. The van der Waals surface area contributed by atoms with Gasteiger partial charge < -0.3 is 9.90 Å². The second-order valence-corrected chi connectivity index (χ2v) is 3.12. The van der Waals surface area contributed by atoms with Crippen molar-refractivity contribution < 1.29 is 9.90 Å². The van der Waals surface area contributed by atoms with E-state index in [0.29, 0.717) is 12.8 Å². The normalized spacial score (nSPS) is 9.79. The van der Waals surface area contributed by atoms with Crippen LogP contribution >= 0.6 is 0 Å². The molecule has 0 aliphatic carbocycles. The van der Waals surface area contributed by atoms with Crippen LogP contribution in [0, 0.1) is 4.91 Å². The molecule has 0 spiro atoms. The first kappa shape index (κ1) is 10.4. The van der Waals surface area contributed by atoms with Crippen LogP contribution in [0.5, 0.6) is 5.75 Å². The number of benzene rings is 1. The smallest absolute Gasteiger partial charge is 0.149 e. The van der Waals surface area contributed by atoms with Gasteiger partial charge in [-0.1, -0.05) is 6.07 Å². The number of hydrogen-bond acceptors (Lipinski definition) is 4. The minimum Gasteiger partial charge on any atom is -0.506 e. The van der Waals surface area contributed by atoms with E-state index in [2.05, 4.69) is 5.18 Å². The van der Waals surface area contributed by atoms with Crippen LogP contribution in [0.1, 0.15) is 18.9 Å². The molecule has 14 heavy (non-hydrogen) atoms. The van der Waals surface area contributed by atoms with E-state index >= 15 is 0 Å². The molecule has 0 amide bonds. The summed E-state index contributed by atoms with van der Waals surface area (Å²) in [5, 5.41) is 11.9. The van der Waals surface area contributed by atoms with Gasteiger partial charge in [-0.25, -0.2) is 0 Å². The standard InChI is InChI=1S/C10H11NO3/c1-7(12)2-3-8-4-5-9(11-14)10(13)6-8/h4-6,13H,2-3H2,1H3. The zero-order valence-electron chi connectivity index (χ0n) is 7.86. The van der Waals surface area contributed by atoms with Crippen molar-refractivity contribution in [3.63, 3.8) is 0 Å². The molecule has 0 heterocycles. The van der Waals surface area contributed by atoms with Gasteiger partial charge in [-0.3, -0.25) is 0 Å². The number of aryl methyl sites for hydroxylation is 1. The highest BCUT2D eigenvalue weighted by atomic mass is 16.3. The fourth-order valence-corrected chi connectivity index (χ4v) is 1.12. The van der Waals surface area contributed by atoms with Gasteiger partial charge in [0.2, 0.25) is 0 Å². The summed E-state index contributed by atoms with van der Waals surface area (Å²) in [7, 11) is 0. The fourth-order valence-electron chi connectivity index (χ4n) is 1.12. The van der Waals surface area contributed by atoms with Crippen LogP contribution in [0.3, 0.4) is 0 Å². The topological polar surface area (TPSA) is 66.7 Å². The summed E-state index contributed by atoms with van der Waals surface area (Å²) in [6.45, 7) is 1.52. The predicted octanol–water partition coefficient (Wildman–Crippen LogP) is 2.31. The van der Waals surface area contributed by atoms with Gasteiger partial charge >= 0.3 is 0 Å². The number of carbonyl (C=O) groups excluding carboxylic acids is 1. The Morgan fingerprint density at radius 1 is 1.50 bits per heavy atom. The van der Waals surface area contributed by atoms with Gasteiger partial charge in [-0.15, -0.1) is 4.91 Å². The van der Waals surface area contributed by atoms with Gasteiger partial charge in [-0.05, 0) is 36.2 Å². The van der Waals surface area contributed by atoms with Crippen LogP contribution in [0.2, 0.25) is 0 Å². The monoisotopic (exact) mass is 193 g/mol. The largest absolute Gasteiger partial charge is 0.506 e. The summed E-state index contributed by atoms with van der Waals surface area (Å²) in [6.07, 6.45) is 1.01. The van der Waals surface area contributed by atoms with Crippen molar-refractivity contribution in [2.24, 2.45) is 5.18 Å². The fraction of sp³-hybridized carbons (Fsp3) is 0.300. The lowest BCUT2D eigenvalue weighted by atomic mass is 10.1. The Morgan fingerprint density at radius 2 is 2.21 bits per heavy atom. The van der Waals surface area contributed by atoms with Crippen LogP contribution in [0.25, 0.3) is 0 Å². The quantitative estimate of drug-likeness (QED) is 0.746. The Bertz CT molecular complexity index is 360. The summed E-state index contributed by atoms with van der Waals surface area (Å²) >= 11 is 0. The molecular weight excluding hydrogens is 182 g/mol. The molecule has 1 aromatic rings. The van der Waals surface area contributed by atoms with E-state index in [0.717, 1.165) is 5.56 Å². The van der Waals surface area contributed by atoms with E-state index in [1.54, 1.807) is 6.07 Å². The van der Waals surface area contributed by atoms with Crippen molar-refractivity contribution in [1.29, 1.82) is 0 Å². The van der Waals surface area contributed by atoms with Crippen molar-refractivity contribution in [1.82, 2.24) is 0 Å². The van der Waals surface area contributed by atoms with Gasteiger partial charge in [0.15, 0.2) is 0 Å². The van der Waals surface area contributed by atoms with Crippen molar-refractivity contribution in [2.75, 3.05) is 0 Å². The van der Waals surface area contributed by atoms with Gasteiger partial charge in [0, 0.05) is 6.42 Å². The Labute approximate surface area is 81.5 Å². The summed E-state index contributed by atoms with van der Waals surface area (Å²) < 4.78 is 0. The molecule has 1 rings (SSSR count). The second kappa shape index (κ2) is 4.50. The average molecular weight is 193 g/mol. The van der Waals surface area contributed by atoms with Crippen molar-refractivity contribution in [2.45, 2.75) is 19.8 Å². The number of carbonyl (C=O) groups is 1. The molecule has 0 aliphatic heterocycles. The van der Waals surface area contributed by atoms with Crippen LogP contribution in [0.15, 0.2) is 23.4 Å². The van der Waals surface area contributed by atoms with Gasteiger partial charge in [0.25, 0.3) is 0 Å². The third-order valence-electron chi connectivity index (χ3n) is 1.90. The number of phenolic OH excluding ortho intramolecular Hbond substituents is 1. The van der Waals surface area contributed by atoms with E-state index in [9.17, 15) is 14.8 Å². The van der Waals surface area contributed by atoms with Crippen molar-refractivity contribution in [3.05, 3.63) is 28.7 Å². The number of nitroso groups, excluding NO2 is 1. The van der Waals surface area contributed by atoms with E-state index in [4.69, 9.17) is 0 Å². The molecule has 0 radical (unpaired) electrons. The van der Waals surface area contributed by atoms with Gasteiger partial charge in [-0.2, -0.15) is 0 Å². The number of Topliss-reactive ketones (excluding diaryl/α,β-unsaturated/α-hetero) is 1. The number of rotatable bonds is 4. The van der Waals surface area contributed by atoms with E-state index in [-0.39, 0.29) is 17.2 Å². The molecule has 0 aromatic heterocycles. The number of nitrogens with zero attached hydrogens (tertiary/aromatic N) is 1. The van der Waals surface area contributed by atoms with Gasteiger partial charge in [0.05, 0.1) is 0 Å². The number of ketones is 1. The first-order valence-electron chi connectivity index (χ1n) is 4.28. The lowest BCUT2D eigenvalue weighted by molar-refractivity contribution is -0.116. The Morgan fingerprint density at radius 3 is 2.71 bits per heavy atom. The highest BCUT2D eigenvalue weighted by Crippen LogP contribution is 2.27. The molecule has 0 fully saturated rings. The number of aromatic hydroxyl groups is 1. The molecule has 1 N–H and O–H groups in total. The number of hydrogen-bond donors (Lipinski definition) is 1. The molecule has 0 atom stereocenters. The summed E-state index contributed by atoms with van der Waals surface area (Å²) in [5.41, 5.74) is 0.849. The highest BCUT2D eigenvalue weighted by Gasteiger charge is 2.03. The Hall–Kier alpha value is -1.71. The Kier molecular flexibility index (Phi) is 3.34. The molecule has 4 heteroatoms. The summed E-state index contributed by atoms with van der Waals surface area (Å²) in [5.74, 6) is -0.0388. The van der Waals surface area contributed by atoms with Crippen LogP contribution in [0.4, 0.5) is 5.69 Å². The molecule has 0 unspecified atom stereocenters. The maximum atomic E-state index is 10.7. The molecule has 74 valence electrons. The number of phenols is 1.